The number of amides is 3. The number of nitrogens with one attached hydrogen (secondary N) is 1. The summed E-state index contributed by atoms with van der Waals surface area (Å²) in [4.78, 5) is 24.2. The Morgan fingerprint density at radius 3 is 2.56 bits per heavy atom. The second-order valence-electron chi connectivity index (χ2n) is 9.34. The number of sulfone groups is 1. The van der Waals surface area contributed by atoms with Gasteiger partial charge >= 0.3 is 6.03 Å². The molecule has 1 N–H and O–H groups in total. The Balaban J connectivity index is 1.28. The first-order chi connectivity index (χ1) is 15.3. The van der Waals surface area contributed by atoms with Crippen LogP contribution in [0.1, 0.15) is 56.4 Å². The number of halogens is 1. The van der Waals surface area contributed by atoms with E-state index in [9.17, 15) is 22.4 Å². The van der Waals surface area contributed by atoms with Crippen molar-refractivity contribution in [2.24, 2.45) is 11.8 Å². The van der Waals surface area contributed by atoms with E-state index in [1.54, 1.807) is 12.1 Å². The fourth-order valence-electron chi connectivity index (χ4n) is 4.18. The monoisotopic (exact) mass is 466 g/mol. The molecule has 1 aromatic carbocycles. The van der Waals surface area contributed by atoms with Crippen LogP contribution in [-0.4, -0.2) is 56.5 Å². The Hall–Kier alpha value is -2.16. The van der Waals surface area contributed by atoms with Crippen molar-refractivity contribution < 1.29 is 27.1 Å². The molecule has 0 bridgehead atoms. The molecule has 0 radical (unpaired) electrons. The van der Waals surface area contributed by atoms with E-state index in [4.69, 9.17) is 4.74 Å². The summed E-state index contributed by atoms with van der Waals surface area (Å²) in [5.74, 6) is 0.369. The molecule has 1 atom stereocenters. The van der Waals surface area contributed by atoms with Gasteiger partial charge in [-0.2, -0.15) is 0 Å². The van der Waals surface area contributed by atoms with Gasteiger partial charge in [0.1, 0.15) is 6.54 Å². The van der Waals surface area contributed by atoms with Crippen LogP contribution in [0.5, 0.6) is 5.75 Å². The highest BCUT2D eigenvalue weighted by Gasteiger charge is 2.36. The number of hydrogen-bond donors (Lipinski definition) is 1. The van der Waals surface area contributed by atoms with E-state index in [1.807, 2.05) is 0 Å². The maximum absolute atomic E-state index is 14.2. The van der Waals surface area contributed by atoms with Gasteiger partial charge in [-0.15, -0.1) is 0 Å². The lowest BCUT2D eigenvalue weighted by atomic mass is 9.96. The third kappa shape index (κ3) is 6.43. The van der Waals surface area contributed by atoms with Crippen molar-refractivity contribution >= 4 is 21.8 Å². The Morgan fingerprint density at radius 1 is 1.12 bits per heavy atom. The average molecular weight is 467 g/mol. The van der Waals surface area contributed by atoms with Gasteiger partial charge in [-0.3, -0.25) is 10.1 Å². The number of unbranched alkanes of at least 4 members (excludes halogenated alkanes) is 2. The van der Waals surface area contributed by atoms with Gasteiger partial charge in [0.2, 0.25) is 5.91 Å². The lowest BCUT2D eigenvalue weighted by Gasteiger charge is -2.19. The van der Waals surface area contributed by atoms with Crippen LogP contribution in [-0.2, 0) is 14.6 Å². The molecule has 4 rings (SSSR count). The Morgan fingerprint density at radius 2 is 1.91 bits per heavy atom. The van der Waals surface area contributed by atoms with Gasteiger partial charge in [-0.25, -0.2) is 17.6 Å². The molecule has 9 heteroatoms. The highest BCUT2D eigenvalue weighted by molar-refractivity contribution is 7.91. The van der Waals surface area contributed by atoms with E-state index in [1.165, 1.54) is 11.0 Å². The van der Waals surface area contributed by atoms with E-state index in [-0.39, 0.29) is 41.7 Å². The third-order valence-corrected chi connectivity index (χ3v) is 8.21. The van der Waals surface area contributed by atoms with Crippen molar-refractivity contribution in [2.45, 2.75) is 50.9 Å². The largest absolute Gasteiger partial charge is 0.490 e. The molecule has 1 heterocycles. The van der Waals surface area contributed by atoms with E-state index in [0.29, 0.717) is 44.2 Å². The molecule has 1 saturated heterocycles. The van der Waals surface area contributed by atoms with Crippen molar-refractivity contribution in [3.63, 3.8) is 0 Å². The van der Waals surface area contributed by atoms with Crippen LogP contribution < -0.4 is 10.1 Å². The van der Waals surface area contributed by atoms with Crippen LogP contribution in [0, 0.1) is 17.7 Å². The molecule has 0 spiro atoms. The molecule has 32 heavy (non-hydrogen) atoms. The van der Waals surface area contributed by atoms with Gasteiger partial charge in [0.25, 0.3) is 0 Å². The summed E-state index contributed by atoms with van der Waals surface area (Å²) >= 11 is 0. The number of nitrogens with zero attached hydrogens (tertiary/aromatic N) is 1. The molecule has 0 aromatic heterocycles. The third-order valence-electron chi connectivity index (χ3n) is 6.43. The summed E-state index contributed by atoms with van der Waals surface area (Å²) in [6.45, 7) is 1.03. The molecule has 1 aliphatic heterocycles. The topological polar surface area (TPSA) is 92.8 Å². The van der Waals surface area contributed by atoms with Crippen molar-refractivity contribution in [1.29, 1.82) is 0 Å². The number of carbonyl (C=O) groups is 2. The van der Waals surface area contributed by atoms with Crippen molar-refractivity contribution in [1.82, 2.24) is 10.2 Å². The smallest absolute Gasteiger partial charge is 0.324 e. The molecule has 7 nitrogen and oxygen atoms in total. The summed E-state index contributed by atoms with van der Waals surface area (Å²) in [7, 11) is -3.27. The predicted octanol–water partition coefficient (Wildman–Crippen LogP) is 3.25. The van der Waals surface area contributed by atoms with Crippen LogP contribution in [0.4, 0.5) is 9.18 Å². The standard InChI is InChI=1S/C23H31FN2O5S/c24-20-9-8-18(12-21(20)31-14-16-4-5-16)19(17-6-7-17)15-32(29,30)11-3-1-2-10-26-13-22(27)25-23(26)28/h8-9,12,16-17,19H,1-7,10-11,13-15H2,(H,25,27,28). The number of carbonyl (C=O) groups excluding carboxylic acids is 2. The predicted molar refractivity (Wildman–Crippen MR) is 118 cm³/mol. The Bertz CT molecular complexity index is 959. The number of rotatable bonds is 13. The number of hydrogen-bond acceptors (Lipinski definition) is 5. The van der Waals surface area contributed by atoms with Gasteiger partial charge < -0.3 is 9.64 Å². The molecular formula is C23H31FN2O5S. The molecule has 176 valence electrons. The highest BCUT2D eigenvalue weighted by atomic mass is 32.2. The Labute approximate surface area is 188 Å². The second kappa shape index (κ2) is 9.77. The SMILES string of the molecule is O=C1CN(CCCCCS(=O)(=O)CC(c2ccc(F)c(OCC3CC3)c2)C2CC2)C(=O)N1. The molecule has 3 aliphatic rings. The fraction of sp³-hybridized carbons (Fsp3) is 0.652. The maximum Gasteiger partial charge on any atom is 0.324 e. The fourth-order valence-corrected chi connectivity index (χ4v) is 6.00. The van der Waals surface area contributed by atoms with Gasteiger partial charge in [0.15, 0.2) is 21.4 Å². The summed E-state index contributed by atoms with van der Waals surface area (Å²) in [6.07, 6.45) is 6.06. The number of ether oxygens (including phenoxy) is 1. The normalized spacial score (nSPS) is 19.8. The zero-order valence-corrected chi connectivity index (χ0v) is 19.0. The highest BCUT2D eigenvalue weighted by Crippen LogP contribution is 2.44. The van der Waals surface area contributed by atoms with E-state index in [2.05, 4.69) is 5.32 Å². The van der Waals surface area contributed by atoms with Crippen LogP contribution in [0.25, 0.3) is 0 Å². The first kappa shape index (κ1) is 23.0. The summed E-state index contributed by atoms with van der Waals surface area (Å²) < 4.78 is 45.4. The maximum atomic E-state index is 14.2. The Kier molecular flexibility index (Phi) is 7.02. The minimum absolute atomic E-state index is 0.0639. The van der Waals surface area contributed by atoms with Crippen LogP contribution in [0.2, 0.25) is 0 Å². The second-order valence-corrected chi connectivity index (χ2v) is 11.6. The van der Waals surface area contributed by atoms with Gasteiger partial charge in [0.05, 0.1) is 18.1 Å². The number of urea groups is 1. The summed E-state index contributed by atoms with van der Waals surface area (Å²) in [5.41, 5.74) is 0.841. The van der Waals surface area contributed by atoms with Crippen LogP contribution in [0.15, 0.2) is 18.2 Å². The number of benzene rings is 1. The lowest BCUT2D eigenvalue weighted by Crippen LogP contribution is -2.29. The summed E-state index contributed by atoms with van der Waals surface area (Å²) in [5, 5.41) is 2.23. The van der Waals surface area contributed by atoms with Crippen molar-refractivity contribution in [3.8, 4) is 5.75 Å². The van der Waals surface area contributed by atoms with E-state index < -0.39 is 15.7 Å². The molecule has 1 unspecified atom stereocenters. The molecule has 2 saturated carbocycles. The van der Waals surface area contributed by atoms with Crippen LogP contribution in [0.3, 0.4) is 0 Å². The minimum atomic E-state index is -3.27. The van der Waals surface area contributed by atoms with E-state index >= 15 is 0 Å². The average Bonchev–Trinajstić information content (AvgIpc) is 3.65. The molecule has 1 aromatic rings. The van der Waals surface area contributed by atoms with Crippen molar-refractivity contribution in [2.75, 3.05) is 31.2 Å². The molecular weight excluding hydrogens is 435 g/mol. The lowest BCUT2D eigenvalue weighted by molar-refractivity contribution is -0.118. The van der Waals surface area contributed by atoms with Crippen molar-refractivity contribution in [3.05, 3.63) is 29.6 Å². The minimum Gasteiger partial charge on any atom is -0.490 e. The molecule has 2 aliphatic carbocycles. The summed E-state index contributed by atoms with van der Waals surface area (Å²) in [6, 6.07) is 4.40. The first-order valence-electron chi connectivity index (χ1n) is 11.5. The first-order valence-corrected chi connectivity index (χ1v) is 13.3. The van der Waals surface area contributed by atoms with Crippen LogP contribution >= 0.6 is 0 Å². The van der Waals surface area contributed by atoms with Gasteiger partial charge in [-0.05, 0) is 68.1 Å². The number of imide groups is 1. The zero-order valence-electron chi connectivity index (χ0n) is 18.2. The van der Waals surface area contributed by atoms with Gasteiger partial charge in [0, 0.05) is 12.5 Å². The van der Waals surface area contributed by atoms with Gasteiger partial charge in [-0.1, -0.05) is 12.5 Å². The van der Waals surface area contributed by atoms with E-state index in [0.717, 1.165) is 31.2 Å². The molecule has 3 amide bonds. The quantitative estimate of drug-likeness (QED) is 0.356. The molecule has 3 fully saturated rings. The zero-order chi connectivity index (χ0) is 22.7.